The summed E-state index contributed by atoms with van der Waals surface area (Å²) >= 11 is 0. The minimum absolute atomic E-state index is 0.253. The summed E-state index contributed by atoms with van der Waals surface area (Å²) in [6.45, 7) is 0.286. The minimum atomic E-state index is 0.253. The molecule has 1 aliphatic rings. The lowest BCUT2D eigenvalue weighted by molar-refractivity contribution is 0.304. The van der Waals surface area contributed by atoms with E-state index in [0.29, 0.717) is 45.8 Å². The van der Waals surface area contributed by atoms with Crippen LogP contribution in [0.1, 0.15) is 47.9 Å². The highest BCUT2D eigenvalue weighted by Gasteiger charge is 2.21. The molecule has 1 aliphatic carbocycles. The molecule has 0 unspecified atom stereocenters. The van der Waals surface area contributed by atoms with Crippen molar-refractivity contribution in [2.45, 2.75) is 38.3 Å². The summed E-state index contributed by atoms with van der Waals surface area (Å²) in [5, 5.41) is 21.5. The third-order valence-corrected chi connectivity index (χ3v) is 6.54. The van der Waals surface area contributed by atoms with Gasteiger partial charge in [0, 0.05) is 23.2 Å². The zero-order valence-corrected chi connectivity index (χ0v) is 20.9. The summed E-state index contributed by atoms with van der Waals surface area (Å²) in [6, 6.07) is 24.5. The van der Waals surface area contributed by atoms with Gasteiger partial charge in [-0.05, 0) is 55.3 Å². The Kier molecular flexibility index (Phi) is 7.46. The molecular weight excluding hydrogens is 476 g/mol. The normalized spacial score (nSPS) is 13.0. The van der Waals surface area contributed by atoms with E-state index in [1.165, 1.54) is 19.2 Å². The van der Waals surface area contributed by atoms with E-state index in [9.17, 15) is 5.26 Å². The molecule has 0 spiro atoms. The lowest BCUT2D eigenvalue weighted by Crippen LogP contribution is -2.20. The Labute approximate surface area is 221 Å². The molecule has 190 valence electrons. The van der Waals surface area contributed by atoms with Crippen molar-refractivity contribution in [3.63, 3.8) is 0 Å². The van der Waals surface area contributed by atoms with Gasteiger partial charge in [-0.3, -0.25) is 5.41 Å². The number of hydrogen-bond acceptors (Lipinski definition) is 8. The molecule has 4 N–H and O–H groups in total. The Morgan fingerprint density at radius 1 is 0.974 bits per heavy atom. The molecule has 1 heterocycles. The van der Waals surface area contributed by atoms with Crippen molar-refractivity contribution in [3.8, 4) is 23.3 Å². The first-order chi connectivity index (χ1) is 18.6. The molecule has 1 fully saturated rings. The van der Waals surface area contributed by atoms with Gasteiger partial charge in [0.05, 0.1) is 22.9 Å². The van der Waals surface area contributed by atoms with Crippen LogP contribution < -0.4 is 20.5 Å². The molecule has 0 atom stereocenters. The van der Waals surface area contributed by atoms with Crippen molar-refractivity contribution >= 4 is 17.3 Å². The molecule has 3 aromatic carbocycles. The number of benzene rings is 3. The number of nitriles is 1. The maximum atomic E-state index is 9.27. The largest absolute Gasteiger partial charge is 0.489 e. The van der Waals surface area contributed by atoms with Gasteiger partial charge >= 0.3 is 0 Å². The summed E-state index contributed by atoms with van der Waals surface area (Å²) in [7, 11) is 0. The van der Waals surface area contributed by atoms with Crippen LogP contribution in [0, 0.1) is 16.7 Å². The number of nitrogens with one attached hydrogen (secondary N) is 2. The van der Waals surface area contributed by atoms with E-state index >= 15 is 0 Å². The molecule has 38 heavy (non-hydrogen) atoms. The second-order valence-electron chi connectivity index (χ2n) is 9.14. The van der Waals surface area contributed by atoms with Gasteiger partial charge in [0.15, 0.2) is 0 Å². The van der Waals surface area contributed by atoms with Crippen LogP contribution in [0.3, 0.4) is 0 Å². The molecule has 0 bridgehead atoms. The minimum Gasteiger partial charge on any atom is -0.489 e. The molecule has 0 radical (unpaired) electrons. The zero-order valence-electron chi connectivity index (χ0n) is 20.9. The van der Waals surface area contributed by atoms with Crippen LogP contribution in [0.5, 0.6) is 17.2 Å². The van der Waals surface area contributed by atoms with Gasteiger partial charge in [0.25, 0.3) is 0 Å². The fourth-order valence-corrected chi connectivity index (χ4v) is 4.53. The standard InChI is InChI=1S/C30H28N6O2/c31-17-21-6-1-2-7-22(21)18-37-25-10-5-11-26(16-25)38-24-14-12-20(13-15-24)28(32)27-29(33)34-19-35-30(27)36-23-8-3-4-9-23/h1-2,5-7,10-16,19,23,32H,3-4,8-9,18H2,(H3,33,34,35,36). The third-order valence-electron chi connectivity index (χ3n) is 6.54. The van der Waals surface area contributed by atoms with Crippen molar-refractivity contribution in [1.29, 1.82) is 10.7 Å². The molecule has 4 aromatic rings. The lowest BCUT2D eigenvalue weighted by atomic mass is 10.0. The predicted octanol–water partition coefficient (Wildman–Crippen LogP) is 6.07. The number of nitrogens with two attached hydrogens (primary N) is 1. The number of aromatic nitrogens is 2. The van der Waals surface area contributed by atoms with Crippen LogP contribution >= 0.6 is 0 Å². The van der Waals surface area contributed by atoms with Crippen molar-refractivity contribution in [2.75, 3.05) is 11.1 Å². The van der Waals surface area contributed by atoms with E-state index in [4.69, 9.17) is 20.6 Å². The van der Waals surface area contributed by atoms with Gasteiger partial charge in [-0.1, -0.05) is 37.1 Å². The smallest absolute Gasteiger partial charge is 0.141 e. The van der Waals surface area contributed by atoms with E-state index in [0.717, 1.165) is 18.4 Å². The molecule has 8 heteroatoms. The van der Waals surface area contributed by atoms with Crippen molar-refractivity contribution in [1.82, 2.24) is 9.97 Å². The third kappa shape index (κ3) is 5.73. The molecule has 8 nitrogen and oxygen atoms in total. The second kappa shape index (κ2) is 11.4. The quantitative estimate of drug-likeness (QED) is 0.236. The first kappa shape index (κ1) is 24.8. The fraction of sp³-hybridized carbons (Fsp3) is 0.200. The van der Waals surface area contributed by atoms with Gasteiger partial charge in [-0.15, -0.1) is 0 Å². The predicted molar refractivity (Wildman–Crippen MR) is 147 cm³/mol. The molecule has 5 rings (SSSR count). The van der Waals surface area contributed by atoms with Crippen LogP contribution in [-0.2, 0) is 6.61 Å². The average molecular weight is 505 g/mol. The molecular formula is C30H28N6O2. The van der Waals surface area contributed by atoms with Crippen LogP contribution in [0.4, 0.5) is 11.6 Å². The second-order valence-corrected chi connectivity index (χ2v) is 9.14. The average Bonchev–Trinajstić information content (AvgIpc) is 3.46. The SMILES string of the molecule is N#Cc1ccccc1COc1cccc(Oc2ccc(C(=N)c3c(N)ncnc3NC3CCCC3)cc2)c1. The fourth-order valence-electron chi connectivity index (χ4n) is 4.53. The molecule has 0 saturated heterocycles. The number of rotatable bonds is 9. The Morgan fingerprint density at radius 2 is 1.74 bits per heavy atom. The monoisotopic (exact) mass is 504 g/mol. The molecule has 0 amide bonds. The number of hydrogen-bond donors (Lipinski definition) is 3. The summed E-state index contributed by atoms with van der Waals surface area (Å²) < 4.78 is 11.9. The molecule has 1 saturated carbocycles. The topological polar surface area (TPSA) is 130 Å². The Morgan fingerprint density at radius 3 is 2.53 bits per heavy atom. The van der Waals surface area contributed by atoms with Crippen LogP contribution in [0.15, 0.2) is 79.1 Å². The highest BCUT2D eigenvalue weighted by Crippen LogP contribution is 2.29. The van der Waals surface area contributed by atoms with Crippen LogP contribution in [-0.4, -0.2) is 21.7 Å². The number of nitrogens with zero attached hydrogens (tertiary/aromatic N) is 3. The van der Waals surface area contributed by atoms with Crippen molar-refractivity contribution in [2.24, 2.45) is 0 Å². The summed E-state index contributed by atoms with van der Waals surface area (Å²) in [4.78, 5) is 8.50. The number of anilines is 2. The van der Waals surface area contributed by atoms with Gasteiger partial charge in [0.2, 0.25) is 0 Å². The van der Waals surface area contributed by atoms with Gasteiger partial charge in [-0.25, -0.2) is 9.97 Å². The lowest BCUT2D eigenvalue weighted by Gasteiger charge is -2.17. The summed E-state index contributed by atoms with van der Waals surface area (Å²) in [5.41, 5.74) is 9.04. The highest BCUT2D eigenvalue weighted by molar-refractivity contribution is 6.16. The van der Waals surface area contributed by atoms with Crippen molar-refractivity contribution < 1.29 is 9.47 Å². The van der Waals surface area contributed by atoms with E-state index in [1.807, 2.05) is 60.7 Å². The first-order valence-corrected chi connectivity index (χ1v) is 12.6. The van der Waals surface area contributed by atoms with Crippen molar-refractivity contribution in [3.05, 3.63) is 101 Å². The van der Waals surface area contributed by atoms with Gasteiger partial charge in [-0.2, -0.15) is 5.26 Å². The summed E-state index contributed by atoms with van der Waals surface area (Å²) in [5.74, 6) is 2.75. The zero-order chi connectivity index (χ0) is 26.3. The van der Waals surface area contributed by atoms with E-state index in [2.05, 4.69) is 21.4 Å². The Balaban J connectivity index is 1.26. The summed E-state index contributed by atoms with van der Waals surface area (Å²) in [6.07, 6.45) is 5.98. The van der Waals surface area contributed by atoms with Gasteiger partial charge < -0.3 is 20.5 Å². The first-order valence-electron chi connectivity index (χ1n) is 12.6. The molecule has 1 aromatic heterocycles. The Bertz CT molecular complexity index is 1470. The number of nitrogen functional groups attached to an aromatic ring is 1. The van der Waals surface area contributed by atoms with E-state index in [-0.39, 0.29) is 18.1 Å². The van der Waals surface area contributed by atoms with Crippen LogP contribution in [0.2, 0.25) is 0 Å². The Hall–Kier alpha value is -4.90. The van der Waals surface area contributed by atoms with Gasteiger partial charge in [0.1, 0.15) is 41.8 Å². The molecule has 0 aliphatic heterocycles. The van der Waals surface area contributed by atoms with Crippen LogP contribution in [0.25, 0.3) is 0 Å². The van der Waals surface area contributed by atoms with E-state index < -0.39 is 0 Å². The highest BCUT2D eigenvalue weighted by atomic mass is 16.5. The maximum Gasteiger partial charge on any atom is 0.141 e. The number of ether oxygens (including phenoxy) is 2. The maximum absolute atomic E-state index is 9.27. The van der Waals surface area contributed by atoms with E-state index in [1.54, 1.807) is 12.1 Å².